The Bertz CT molecular complexity index is 768. The van der Waals surface area contributed by atoms with E-state index in [1.165, 1.54) is 0 Å². The molecule has 1 aliphatic rings. The summed E-state index contributed by atoms with van der Waals surface area (Å²) in [5.74, 6) is 1.64. The minimum Gasteiger partial charge on any atom is -0.497 e. The second-order valence-electron chi connectivity index (χ2n) is 7.02. The standard InChI is InChI=1S/C21H32N6O2/c1-4-22-21(23-15-17(2)26-11-13-29-14-12-26)24-16-18-9-10-27(25-18)19-5-7-20(28-3)8-6-19/h5-10,17H,4,11-16H2,1-3H3,(H2,22,23,24). The molecule has 1 fully saturated rings. The number of aliphatic imine (C=N–C) groups is 1. The van der Waals surface area contributed by atoms with E-state index >= 15 is 0 Å². The molecule has 0 radical (unpaired) electrons. The molecule has 29 heavy (non-hydrogen) atoms. The van der Waals surface area contributed by atoms with Gasteiger partial charge < -0.3 is 20.1 Å². The molecule has 1 saturated heterocycles. The Balaban J connectivity index is 1.56. The average molecular weight is 401 g/mol. The van der Waals surface area contributed by atoms with E-state index in [9.17, 15) is 0 Å². The lowest BCUT2D eigenvalue weighted by Gasteiger charge is -2.32. The van der Waals surface area contributed by atoms with Crippen LogP contribution in [0.15, 0.2) is 41.5 Å². The molecule has 3 rings (SSSR count). The molecule has 8 heteroatoms. The van der Waals surface area contributed by atoms with Gasteiger partial charge in [0.2, 0.25) is 0 Å². The highest BCUT2D eigenvalue weighted by atomic mass is 16.5. The molecule has 1 atom stereocenters. The second kappa shape index (κ2) is 10.8. The molecule has 0 bridgehead atoms. The fourth-order valence-corrected chi connectivity index (χ4v) is 3.22. The maximum absolute atomic E-state index is 5.43. The number of nitrogens with zero attached hydrogens (tertiary/aromatic N) is 4. The van der Waals surface area contributed by atoms with Crippen LogP contribution in [0.2, 0.25) is 0 Å². The fraction of sp³-hybridized carbons (Fsp3) is 0.524. The average Bonchev–Trinajstić information content (AvgIpc) is 3.25. The number of morpholine rings is 1. The second-order valence-corrected chi connectivity index (χ2v) is 7.02. The molecule has 2 heterocycles. The SMILES string of the molecule is CCNC(=NCc1ccn(-c2ccc(OC)cc2)n1)NCC(C)N1CCOCC1. The van der Waals surface area contributed by atoms with E-state index in [0.29, 0.717) is 12.6 Å². The molecular weight excluding hydrogens is 368 g/mol. The number of guanidine groups is 1. The Labute approximate surface area is 172 Å². The molecule has 1 aliphatic heterocycles. The first-order valence-electron chi connectivity index (χ1n) is 10.2. The van der Waals surface area contributed by atoms with Gasteiger partial charge in [0.25, 0.3) is 0 Å². The van der Waals surface area contributed by atoms with Gasteiger partial charge in [-0.25, -0.2) is 9.67 Å². The minimum absolute atomic E-state index is 0.428. The molecule has 0 amide bonds. The van der Waals surface area contributed by atoms with Crippen molar-refractivity contribution in [2.45, 2.75) is 26.4 Å². The van der Waals surface area contributed by atoms with Gasteiger partial charge in [0.1, 0.15) is 5.75 Å². The number of aromatic nitrogens is 2. The van der Waals surface area contributed by atoms with Gasteiger partial charge in [-0.1, -0.05) is 0 Å². The zero-order chi connectivity index (χ0) is 20.5. The number of methoxy groups -OCH3 is 1. The van der Waals surface area contributed by atoms with Crippen molar-refractivity contribution in [3.63, 3.8) is 0 Å². The molecule has 0 spiro atoms. The summed E-state index contributed by atoms with van der Waals surface area (Å²) in [6.07, 6.45) is 1.95. The molecule has 1 aromatic carbocycles. The predicted octanol–water partition coefficient (Wildman–Crippen LogP) is 1.66. The maximum atomic E-state index is 5.43. The van der Waals surface area contributed by atoms with E-state index < -0.39 is 0 Å². The summed E-state index contributed by atoms with van der Waals surface area (Å²) in [5, 5.41) is 11.4. The summed E-state index contributed by atoms with van der Waals surface area (Å²) < 4.78 is 12.5. The molecule has 2 aromatic rings. The van der Waals surface area contributed by atoms with Crippen molar-refractivity contribution in [1.29, 1.82) is 0 Å². The van der Waals surface area contributed by atoms with Crippen LogP contribution in [-0.2, 0) is 11.3 Å². The van der Waals surface area contributed by atoms with Crippen molar-refractivity contribution in [3.8, 4) is 11.4 Å². The van der Waals surface area contributed by atoms with Crippen molar-refractivity contribution in [1.82, 2.24) is 25.3 Å². The topological polar surface area (TPSA) is 75.9 Å². The third-order valence-electron chi connectivity index (χ3n) is 4.96. The highest BCUT2D eigenvalue weighted by Gasteiger charge is 2.17. The van der Waals surface area contributed by atoms with E-state index in [1.54, 1.807) is 7.11 Å². The summed E-state index contributed by atoms with van der Waals surface area (Å²) in [5.41, 5.74) is 1.91. The van der Waals surface area contributed by atoms with E-state index in [4.69, 9.17) is 14.5 Å². The zero-order valence-electron chi connectivity index (χ0n) is 17.6. The molecule has 0 aliphatic carbocycles. The van der Waals surface area contributed by atoms with E-state index in [1.807, 2.05) is 41.2 Å². The fourth-order valence-electron chi connectivity index (χ4n) is 3.22. The van der Waals surface area contributed by atoms with Gasteiger partial charge in [0.05, 0.1) is 38.2 Å². The Morgan fingerprint density at radius 1 is 1.21 bits per heavy atom. The Kier molecular flexibility index (Phi) is 7.89. The van der Waals surface area contributed by atoms with Crippen molar-refractivity contribution in [2.24, 2.45) is 4.99 Å². The Morgan fingerprint density at radius 3 is 2.66 bits per heavy atom. The van der Waals surface area contributed by atoms with Gasteiger partial charge in [-0.15, -0.1) is 0 Å². The summed E-state index contributed by atoms with van der Waals surface area (Å²) in [7, 11) is 1.66. The zero-order valence-corrected chi connectivity index (χ0v) is 17.6. The monoisotopic (exact) mass is 400 g/mol. The quantitative estimate of drug-likeness (QED) is 0.519. The van der Waals surface area contributed by atoms with Gasteiger partial charge in [-0.3, -0.25) is 4.90 Å². The minimum atomic E-state index is 0.428. The van der Waals surface area contributed by atoms with Crippen LogP contribution in [0.4, 0.5) is 0 Å². The molecule has 8 nitrogen and oxygen atoms in total. The largest absolute Gasteiger partial charge is 0.497 e. The normalized spacial score (nSPS) is 16.4. The highest BCUT2D eigenvalue weighted by molar-refractivity contribution is 5.79. The Hall–Kier alpha value is -2.58. The first-order chi connectivity index (χ1) is 14.2. The predicted molar refractivity (Wildman–Crippen MR) is 115 cm³/mol. The molecule has 1 aromatic heterocycles. The van der Waals surface area contributed by atoms with Crippen LogP contribution in [0.3, 0.4) is 0 Å². The van der Waals surface area contributed by atoms with E-state index in [-0.39, 0.29) is 0 Å². The van der Waals surface area contributed by atoms with Gasteiger partial charge in [0.15, 0.2) is 5.96 Å². The molecule has 0 saturated carbocycles. The third-order valence-corrected chi connectivity index (χ3v) is 4.96. The maximum Gasteiger partial charge on any atom is 0.191 e. The van der Waals surface area contributed by atoms with Crippen molar-refractivity contribution < 1.29 is 9.47 Å². The van der Waals surface area contributed by atoms with Crippen molar-refractivity contribution >= 4 is 5.96 Å². The van der Waals surface area contributed by atoms with Crippen LogP contribution < -0.4 is 15.4 Å². The van der Waals surface area contributed by atoms with Crippen LogP contribution >= 0.6 is 0 Å². The summed E-state index contributed by atoms with van der Waals surface area (Å²) in [4.78, 5) is 7.13. The van der Waals surface area contributed by atoms with E-state index in [0.717, 1.165) is 62.5 Å². The first-order valence-corrected chi connectivity index (χ1v) is 10.2. The number of hydrogen-bond donors (Lipinski definition) is 2. The first kappa shape index (κ1) is 21.1. The lowest BCUT2D eigenvalue weighted by molar-refractivity contribution is 0.0211. The van der Waals surface area contributed by atoms with Crippen molar-refractivity contribution in [2.75, 3.05) is 46.5 Å². The van der Waals surface area contributed by atoms with Gasteiger partial charge >= 0.3 is 0 Å². The number of benzene rings is 1. The van der Waals surface area contributed by atoms with E-state index in [2.05, 4.69) is 34.5 Å². The number of nitrogens with one attached hydrogen (secondary N) is 2. The third kappa shape index (κ3) is 6.20. The number of hydrogen-bond acceptors (Lipinski definition) is 5. The Morgan fingerprint density at radius 2 is 1.97 bits per heavy atom. The molecule has 158 valence electrons. The lowest BCUT2D eigenvalue weighted by atomic mass is 10.2. The molecule has 1 unspecified atom stereocenters. The van der Waals surface area contributed by atoms with Crippen LogP contribution in [-0.4, -0.2) is 73.2 Å². The van der Waals surface area contributed by atoms with Crippen LogP contribution in [0.25, 0.3) is 5.69 Å². The lowest BCUT2D eigenvalue weighted by Crippen LogP contribution is -2.49. The summed E-state index contributed by atoms with van der Waals surface area (Å²) in [6.45, 7) is 10.1. The van der Waals surface area contributed by atoms with Crippen molar-refractivity contribution in [3.05, 3.63) is 42.2 Å². The summed E-state index contributed by atoms with van der Waals surface area (Å²) >= 11 is 0. The van der Waals surface area contributed by atoms with Crippen LogP contribution in [0, 0.1) is 0 Å². The van der Waals surface area contributed by atoms with Gasteiger partial charge in [-0.05, 0) is 44.2 Å². The van der Waals surface area contributed by atoms with Crippen LogP contribution in [0.1, 0.15) is 19.5 Å². The smallest absolute Gasteiger partial charge is 0.191 e. The summed E-state index contributed by atoms with van der Waals surface area (Å²) in [6, 6.07) is 10.2. The number of rotatable bonds is 8. The molecule has 2 N–H and O–H groups in total. The number of ether oxygens (including phenoxy) is 2. The molecular formula is C21H32N6O2. The van der Waals surface area contributed by atoms with Gasteiger partial charge in [-0.2, -0.15) is 5.10 Å². The highest BCUT2D eigenvalue weighted by Crippen LogP contribution is 2.14. The van der Waals surface area contributed by atoms with Gasteiger partial charge in [0, 0.05) is 38.4 Å². The van der Waals surface area contributed by atoms with Crippen LogP contribution in [0.5, 0.6) is 5.75 Å².